The molecule has 1 fully saturated rings. The van der Waals surface area contributed by atoms with Crippen LogP contribution in [0.2, 0.25) is 0 Å². The van der Waals surface area contributed by atoms with Crippen LogP contribution in [-0.2, 0) is 13.1 Å². The Morgan fingerprint density at radius 1 is 1.00 bits per heavy atom. The molecular weight excluding hydrogens is 445 g/mol. The molecule has 0 radical (unpaired) electrons. The van der Waals surface area contributed by atoms with E-state index in [2.05, 4.69) is 19.9 Å². The summed E-state index contributed by atoms with van der Waals surface area (Å²) in [6.07, 6.45) is 0.892. The van der Waals surface area contributed by atoms with Crippen molar-refractivity contribution < 1.29 is 23.0 Å². The highest BCUT2D eigenvalue weighted by atomic mass is 19.4. The zero-order valence-corrected chi connectivity index (χ0v) is 18.8. The fourth-order valence-electron chi connectivity index (χ4n) is 4.42. The zero-order valence-electron chi connectivity index (χ0n) is 18.8. The van der Waals surface area contributed by atoms with E-state index in [1.54, 1.807) is 18.5 Å². The van der Waals surface area contributed by atoms with Gasteiger partial charge in [0, 0.05) is 50.5 Å². The molecule has 2 aromatic carbocycles. The lowest BCUT2D eigenvalue weighted by molar-refractivity contribution is -0.274. The Balaban J connectivity index is 1.49. The second-order valence-electron chi connectivity index (χ2n) is 8.44. The molecule has 182 valence electrons. The average molecular weight is 475 g/mol. The fourth-order valence-corrected chi connectivity index (χ4v) is 4.42. The summed E-state index contributed by atoms with van der Waals surface area (Å²) in [7, 11) is 0. The van der Waals surface area contributed by atoms with Crippen LogP contribution in [0.3, 0.4) is 0 Å². The van der Waals surface area contributed by atoms with Crippen molar-refractivity contribution in [2.75, 3.05) is 26.2 Å². The molecule has 3 aromatic rings. The molecule has 0 bridgehead atoms. The quantitative estimate of drug-likeness (QED) is 0.490. The van der Waals surface area contributed by atoms with Gasteiger partial charge in [-0.25, -0.2) is 4.98 Å². The first-order valence-corrected chi connectivity index (χ1v) is 11.4. The number of aliphatic hydroxyl groups is 1. The van der Waals surface area contributed by atoms with Gasteiger partial charge in [0.25, 0.3) is 0 Å². The number of imidazole rings is 1. The molecule has 6 nitrogen and oxygen atoms in total. The Morgan fingerprint density at radius 2 is 1.71 bits per heavy atom. The minimum Gasteiger partial charge on any atom is -0.405 e. The summed E-state index contributed by atoms with van der Waals surface area (Å²) in [4.78, 5) is 6.71. The van der Waals surface area contributed by atoms with E-state index in [1.807, 2.05) is 35.0 Å². The van der Waals surface area contributed by atoms with Crippen molar-refractivity contribution in [1.29, 1.82) is 0 Å². The predicted molar refractivity (Wildman–Crippen MR) is 123 cm³/mol. The number of benzene rings is 2. The minimum absolute atomic E-state index is 0.147. The second kappa shape index (κ2) is 11.0. The van der Waals surface area contributed by atoms with Crippen LogP contribution in [0, 0.1) is 0 Å². The van der Waals surface area contributed by atoms with E-state index < -0.39 is 6.36 Å². The van der Waals surface area contributed by atoms with Crippen molar-refractivity contribution in [3.63, 3.8) is 0 Å². The molecule has 1 saturated heterocycles. The second-order valence-corrected chi connectivity index (χ2v) is 8.44. The van der Waals surface area contributed by atoms with Gasteiger partial charge in [-0.1, -0.05) is 42.5 Å². The molecule has 9 heteroatoms. The Hall–Kier alpha value is -2.88. The van der Waals surface area contributed by atoms with Gasteiger partial charge in [0.15, 0.2) is 0 Å². The summed E-state index contributed by atoms with van der Waals surface area (Å²) in [5.74, 6) is -0.217. The van der Waals surface area contributed by atoms with E-state index in [-0.39, 0.29) is 12.4 Å². The van der Waals surface area contributed by atoms with Gasteiger partial charge in [-0.05, 0) is 30.0 Å². The van der Waals surface area contributed by atoms with Gasteiger partial charge in [0.2, 0.25) is 0 Å². The first-order valence-electron chi connectivity index (χ1n) is 11.4. The fraction of sp³-hybridized carbons (Fsp3) is 0.400. The number of hydrogen-bond donors (Lipinski definition) is 2. The highest BCUT2D eigenvalue weighted by Crippen LogP contribution is 2.35. The molecule has 0 spiro atoms. The third-order valence-corrected chi connectivity index (χ3v) is 6.08. The first kappa shape index (κ1) is 24.3. The number of likely N-dealkylation sites (tertiary alicyclic amines) is 1. The number of rotatable bonds is 9. The highest BCUT2D eigenvalue weighted by Gasteiger charge is 2.32. The summed E-state index contributed by atoms with van der Waals surface area (Å²) in [5, 5.41) is 12.3. The third kappa shape index (κ3) is 6.37. The maximum atomic E-state index is 12.9. The van der Waals surface area contributed by atoms with Crippen LogP contribution in [-0.4, -0.2) is 58.2 Å². The Kier molecular flexibility index (Phi) is 7.87. The number of hydrogen-bond acceptors (Lipinski definition) is 5. The van der Waals surface area contributed by atoms with Crippen molar-refractivity contribution in [2.24, 2.45) is 0 Å². The van der Waals surface area contributed by atoms with Gasteiger partial charge in [0.05, 0.1) is 18.6 Å². The number of para-hydroxylation sites is 1. The molecule has 2 heterocycles. The molecule has 0 amide bonds. The average Bonchev–Trinajstić information content (AvgIpc) is 3.25. The number of aliphatic hydroxyl groups excluding tert-OH is 1. The number of alkyl halides is 3. The van der Waals surface area contributed by atoms with E-state index in [9.17, 15) is 13.2 Å². The number of ether oxygens (including phenoxy) is 1. The monoisotopic (exact) mass is 474 g/mol. The lowest BCUT2D eigenvalue weighted by Crippen LogP contribution is -2.43. The Labute approximate surface area is 197 Å². The normalized spacial score (nSPS) is 15.5. The number of aromatic nitrogens is 2. The predicted octanol–water partition coefficient (Wildman–Crippen LogP) is 4.04. The van der Waals surface area contributed by atoms with E-state index in [1.165, 1.54) is 12.1 Å². The summed E-state index contributed by atoms with van der Waals surface area (Å²) in [5.41, 5.74) is 3.02. The summed E-state index contributed by atoms with van der Waals surface area (Å²) in [6.45, 7) is 3.91. The maximum Gasteiger partial charge on any atom is 0.573 e. The smallest absolute Gasteiger partial charge is 0.405 e. The van der Waals surface area contributed by atoms with Crippen LogP contribution in [0.25, 0.3) is 11.1 Å². The molecule has 0 atom stereocenters. The van der Waals surface area contributed by atoms with E-state index >= 15 is 0 Å². The maximum absolute atomic E-state index is 12.9. The van der Waals surface area contributed by atoms with Crippen LogP contribution in [0.15, 0.2) is 61.1 Å². The standard InChI is InChI=1S/C25H29F3N4O2/c26-25(27,28)34-24-8-4-3-7-23(24)22-6-2-1-5-19(22)16-32-18-29-15-21(32)17-31-12-9-20(10-13-31)30-11-14-33/h1-8,15,18,20,30,33H,9-14,16-17H2. The first-order chi connectivity index (χ1) is 16.4. The minimum atomic E-state index is -4.76. The topological polar surface area (TPSA) is 62.5 Å². The van der Waals surface area contributed by atoms with Crippen LogP contribution in [0.4, 0.5) is 13.2 Å². The molecule has 0 saturated carbocycles. The number of nitrogens with one attached hydrogen (secondary N) is 1. The summed E-state index contributed by atoms with van der Waals surface area (Å²) >= 11 is 0. The van der Waals surface area contributed by atoms with Crippen LogP contribution < -0.4 is 10.1 Å². The molecule has 4 rings (SSSR count). The third-order valence-electron chi connectivity index (χ3n) is 6.08. The van der Waals surface area contributed by atoms with Crippen LogP contribution in [0.1, 0.15) is 24.1 Å². The lowest BCUT2D eigenvalue weighted by atomic mass is 9.98. The van der Waals surface area contributed by atoms with Crippen molar-refractivity contribution in [3.8, 4) is 16.9 Å². The molecule has 2 N–H and O–H groups in total. The van der Waals surface area contributed by atoms with Gasteiger partial charge >= 0.3 is 6.36 Å². The number of piperidine rings is 1. The van der Waals surface area contributed by atoms with Gasteiger partial charge < -0.3 is 19.7 Å². The van der Waals surface area contributed by atoms with Crippen molar-refractivity contribution in [2.45, 2.75) is 38.3 Å². The van der Waals surface area contributed by atoms with Gasteiger partial charge in [-0.15, -0.1) is 13.2 Å². The molecule has 1 aliphatic rings. The highest BCUT2D eigenvalue weighted by molar-refractivity contribution is 5.73. The Bertz CT molecular complexity index is 1060. The summed E-state index contributed by atoms with van der Waals surface area (Å²) < 4.78 is 45.2. The molecule has 0 unspecified atom stereocenters. The van der Waals surface area contributed by atoms with Crippen molar-refractivity contribution >= 4 is 0 Å². The SMILES string of the molecule is OCCNC1CCN(Cc2cncn2Cc2ccccc2-c2ccccc2OC(F)(F)F)CC1. The molecular formula is C25H29F3N4O2. The molecule has 1 aromatic heterocycles. The molecule has 0 aliphatic carbocycles. The van der Waals surface area contributed by atoms with Crippen molar-refractivity contribution in [1.82, 2.24) is 19.8 Å². The van der Waals surface area contributed by atoms with Gasteiger partial charge in [-0.3, -0.25) is 4.90 Å². The van der Waals surface area contributed by atoms with Crippen molar-refractivity contribution in [3.05, 3.63) is 72.3 Å². The van der Waals surface area contributed by atoms with Gasteiger partial charge in [-0.2, -0.15) is 0 Å². The van der Waals surface area contributed by atoms with E-state index in [0.29, 0.717) is 30.3 Å². The number of halogens is 3. The number of nitrogens with zero attached hydrogens (tertiary/aromatic N) is 3. The Morgan fingerprint density at radius 3 is 2.44 bits per heavy atom. The van der Waals surface area contributed by atoms with E-state index in [4.69, 9.17) is 5.11 Å². The van der Waals surface area contributed by atoms with E-state index in [0.717, 1.165) is 43.7 Å². The molecule has 34 heavy (non-hydrogen) atoms. The van der Waals surface area contributed by atoms with Crippen LogP contribution in [0.5, 0.6) is 5.75 Å². The summed E-state index contributed by atoms with van der Waals surface area (Å²) in [6, 6.07) is 14.1. The van der Waals surface area contributed by atoms with Crippen LogP contribution >= 0.6 is 0 Å². The van der Waals surface area contributed by atoms with Gasteiger partial charge in [0.1, 0.15) is 5.75 Å². The zero-order chi connectivity index (χ0) is 24.0. The molecule has 1 aliphatic heterocycles. The lowest BCUT2D eigenvalue weighted by Gasteiger charge is -2.32. The largest absolute Gasteiger partial charge is 0.573 e.